The van der Waals surface area contributed by atoms with E-state index in [0.717, 1.165) is 19.3 Å². The zero-order chi connectivity index (χ0) is 30.0. The third-order valence-electron chi connectivity index (χ3n) is 7.90. The Labute approximate surface area is 253 Å². The number of nitrogens with zero attached hydrogens (tertiary/aromatic N) is 2. The maximum Gasteiger partial charge on any atom is 0.182 e. The summed E-state index contributed by atoms with van der Waals surface area (Å²) in [5.74, 6) is 0.360. The second kappa shape index (κ2) is 18.6. The van der Waals surface area contributed by atoms with E-state index in [1.807, 2.05) is 24.3 Å². The van der Waals surface area contributed by atoms with Gasteiger partial charge in [0, 0.05) is 5.39 Å². The number of hydrogen-bond donors (Lipinski definition) is 1. The Hall–Kier alpha value is -2.93. The number of ether oxygens (including phenoxy) is 1. The summed E-state index contributed by atoms with van der Waals surface area (Å²) in [5, 5.41) is 20.9. The molecule has 7 heteroatoms. The largest absolute Gasteiger partial charge is 0.504 e. The molecule has 6 nitrogen and oxygen atoms in total. The lowest BCUT2D eigenvalue weighted by molar-refractivity contribution is 0.415. The number of phenols is 1. The van der Waals surface area contributed by atoms with Crippen molar-refractivity contribution in [2.75, 3.05) is 12.9 Å². The minimum Gasteiger partial charge on any atom is -0.504 e. The van der Waals surface area contributed by atoms with Gasteiger partial charge in [-0.3, -0.25) is 0 Å². The van der Waals surface area contributed by atoms with E-state index in [-0.39, 0.29) is 22.1 Å². The summed E-state index contributed by atoms with van der Waals surface area (Å²) >= 11 is 0. The summed E-state index contributed by atoms with van der Waals surface area (Å²) in [5.41, 5.74) is 0.732. The molecule has 0 bridgehead atoms. The average Bonchev–Trinajstić information content (AvgIpc) is 3.00. The highest BCUT2D eigenvalue weighted by atomic mass is 32.2. The highest BCUT2D eigenvalue weighted by Gasteiger charge is 2.23. The summed E-state index contributed by atoms with van der Waals surface area (Å²) in [6.45, 7) is 2.26. The van der Waals surface area contributed by atoms with Gasteiger partial charge in [-0.25, -0.2) is 8.42 Å². The maximum atomic E-state index is 13.3. The fourth-order valence-corrected chi connectivity index (χ4v) is 6.84. The molecular weight excluding hydrogens is 544 g/mol. The minimum absolute atomic E-state index is 0.00636. The van der Waals surface area contributed by atoms with Crippen LogP contribution in [0.2, 0.25) is 0 Å². The number of phenolic OH excluding ortho intramolecular Hbond substituents is 1. The first kappa shape index (κ1) is 33.6. The number of hydrogen-bond acceptors (Lipinski definition) is 6. The van der Waals surface area contributed by atoms with E-state index in [1.165, 1.54) is 77.0 Å². The van der Waals surface area contributed by atoms with Crippen molar-refractivity contribution in [1.29, 1.82) is 0 Å². The Morgan fingerprint density at radius 2 is 1.21 bits per heavy atom. The summed E-state index contributed by atoms with van der Waals surface area (Å²) in [6, 6.07) is 15.9. The second-order valence-corrected chi connectivity index (χ2v) is 13.4. The molecule has 1 N–H and O–H groups in total. The molecule has 0 saturated heterocycles. The van der Waals surface area contributed by atoms with Gasteiger partial charge in [0.1, 0.15) is 16.3 Å². The van der Waals surface area contributed by atoms with Gasteiger partial charge in [-0.2, -0.15) is 5.11 Å². The smallest absolute Gasteiger partial charge is 0.182 e. The summed E-state index contributed by atoms with van der Waals surface area (Å²) in [7, 11) is -2.09. The Kier molecular flexibility index (Phi) is 14.8. The van der Waals surface area contributed by atoms with Crippen molar-refractivity contribution in [3.8, 4) is 11.5 Å². The van der Waals surface area contributed by atoms with Crippen LogP contribution in [0.4, 0.5) is 11.4 Å². The van der Waals surface area contributed by atoms with Crippen LogP contribution in [0.3, 0.4) is 0 Å². The molecule has 230 valence electrons. The van der Waals surface area contributed by atoms with Crippen molar-refractivity contribution in [3.05, 3.63) is 54.6 Å². The fourth-order valence-electron chi connectivity index (χ4n) is 5.34. The van der Waals surface area contributed by atoms with Gasteiger partial charge in [-0.15, -0.1) is 5.11 Å². The Balaban J connectivity index is 1.44. The van der Waals surface area contributed by atoms with Gasteiger partial charge in [0.15, 0.2) is 15.6 Å². The highest BCUT2D eigenvalue weighted by Crippen LogP contribution is 2.42. The van der Waals surface area contributed by atoms with Crippen LogP contribution in [-0.4, -0.2) is 26.4 Å². The molecule has 42 heavy (non-hydrogen) atoms. The molecule has 0 aromatic heterocycles. The highest BCUT2D eigenvalue weighted by molar-refractivity contribution is 7.91. The van der Waals surface area contributed by atoms with Crippen LogP contribution in [0.1, 0.15) is 110 Å². The van der Waals surface area contributed by atoms with E-state index < -0.39 is 9.84 Å². The molecule has 0 atom stereocenters. The van der Waals surface area contributed by atoms with E-state index in [1.54, 1.807) is 37.4 Å². The van der Waals surface area contributed by atoms with Crippen LogP contribution >= 0.6 is 0 Å². The monoisotopic (exact) mass is 594 g/mol. The van der Waals surface area contributed by atoms with Crippen LogP contribution in [0.25, 0.3) is 10.8 Å². The molecule has 0 heterocycles. The second-order valence-electron chi connectivity index (χ2n) is 11.3. The number of aromatic hydroxyl groups is 1. The molecule has 0 aliphatic heterocycles. The molecule has 3 rings (SSSR count). The zero-order valence-electron chi connectivity index (χ0n) is 25.7. The lowest BCUT2D eigenvalue weighted by atomic mass is 10.0. The molecule has 0 unspecified atom stereocenters. The Morgan fingerprint density at radius 3 is 1.76 bits per heavy atom. The van der Waals surface area contributed by atoms with E-state index >= 15 is 0 Å². The average molecular weight is 595 g/mol. The van der Waals surface area contributed by atoms with Gasteiger partial charge in [0.05, 0.1) is 18.6 Å². The predicted molar refractivity (Wildman–Crippen MR) is 174 cm³/mol. The SMILES string of the molecule is CCCCCCCCCCCCCCCCCCS(=O)(=O)c1cc2ccccc2c(/N=N/c2ccc(OC)cc2)c1O. The number of methoxy groups -OCH3 is 1. The van der Waals surface area contributed by atoms with Gasteiger partial charge >= 0.3 is 0 Å². The summed E-state index contributed by atoms with van der Waals surface area (Å²) < 4.78 is 31.8. The molecule has 3 aromatic rings. The van der Waals surface area contributed by atoms with Crippen molar-refractivity contribution < 1.29 is 18.3 Å². The van der Waals surface area contributed by atoms with Crippen LogP contribution in [-0.2, 0) is 9.84 Å². The zero-order valence-corrected chi connectivity index (χ0v) is 26.5. The molecule has 0 fully saturated rings. The van der Waals surface area contributed by atoms with Crippen molar-refractivity contribution in [2.45, 2.75) is 115 Å². The van der Waals surface area contributed by atoms with Gasteiger partial charge in [-0.1, -0.05) is 128 Å². The first-order chi connectivity index (χ1) is 20.5. The summed E-state index contributed by atoms with van der Waals surface area (Å²) in [4.78, 5) is -0.0779. The quantitative estimate of drug-likeness (QED) is 0.0981. The third kappa shape index (κ3) is 11.0. The fraction of sp³-hybridized carbons (Fsp3) is 0.543. The number of benzene rings is 3. The predicted octanol–water partition coefficient (Wildman–Crippen LogP) is 11.0. The van der Waals surface area contributed by atoms with E-state index in [4.69, 9.17) is 4.74 Å². The van der Waals surface area contributed by atoms with Gasteiger partial charge < -0.3 is 9.84 Å². The van der Waals surface area contributed by atoms with Crippen LogP contribution in [0.15, 0.2) is 69.7 Å². The normalized spacial score (nSPS) is 12.0. The summed E-state index contributed by atoms with van der Waals surface area (Å²) in [6.07, 6.45) is 19.8. The molecule has 0 aliphatic rings. The molecule has 0 amide bonds. The first-order valence-electron chi connectivity index (χ1n) is 16.0. The van der Waals surface area contributed by atoms with E-state index in [9.17, 15) is 13.5 Å². The van der Waals surface area contributed by atoms with E-state index in [2.05, 4.69) is 17.2 Å². The lowest BCUT2D eigenvalue weighted by Gasteiger charge is -2.11. The number of fused-ring (bicyclic) bond motifs is 1. The standard InChI is InChI=1S/C35H50N2O4S/c1-3-4-5-6-7-8-9-10-11-12-13-14-15-16-17-20-27-42(39,40)33-28-29-21-18-19-22-32(29)34(35(33)38)37-36-30-23-25-31(41-2)26-24-30/h18-19,21-26,28,38H,3-17,20,27H2,1-2H3/b37-36+. The molecule has 0 aliphatic carbocycles. The van der Waals surface area contributed by atoms with Gasteiger partial charge in [0.2, 0.25) is 0 Å². The number of rotatable bonds is 21. The number of azo groups is 1. The molecular formula is C35H50N2O4S. The Morgan fingerprint density at radius 1 is 0.690 bits per heavy atom. The van der Waals surface area contributed by atoms with Crippen LogP contribution in [0.5, 0.6) is 11.5 Å². The van der Waals surface area contributed by atoms with Gasteiger partial charge in [-0.05, 0) is 42.1 Å². The third-order valence-corrected chi connectivity index (χ3v) is 9.71. The van der Waals surface area contributed by atoms with Crippen molar-refractivity contribution >= 4 is 32.0 Å². The van der Waals surface area contributed by atoms with Crippen molar-refractivity contribution in [2.24, 2.45) is 10.2 Å². The molecule has 3 aromatic carbocycles. The molecule has 0 radical (unpaired) electrons. The van der Waals surface area contributed by atoms with E-state index in [0.29, 0.717) is 28.6 Å². The molecule has 0 saturated carbocycles. The lowest BCUT2D eigenvalue weighted by Crippen LogP contribution is -2.07. The van der Waals surface area contributed by atoms with Crippen LogP contribution in [0, 0.1) is 0 Å². The molecule has 0 spiro atoms. The minimum atomic E-state index is -3.68. The maximum absolute atomic E-state index is 13.3. The first-order valence-corrected chi connectivity index (χ1v) is 17.6. The van der Waals surface area contributed by atoms with Crippen molar-refractivity contribution in [1.82, 2.24) is 0 Å². The van der Waals surface area contributed by atoms with Crippen LogP contribution < -0.4 is 4.74 Å². The number of unbranched alkanes of at least 4 members (excludes halogenated alkanes) is 15. The van der Waals surface area contributed by atoms with Crippen molar-refractivity contribution in [3.63, 3.8) is 0 Å². The Bertz CT molecular complexity index is 1340. The topological polar surface area (TPSA) is 88.3 Å². The van der Waals surface area contributed by atoms with Gasteiger partial charge in [0.25, 0.3) is 0 Å². The number of sulfone groups is 1.